The molecule has 4 amide bonds. The fraction of sp³-hybridized carbons (Fsp3) is 0.824. The molecule has 248 valence electrons. The number of likely N-dealkylation sites (tertiary alicyclic amines) is 1. The van der Waals surface area contributed by atoms with Crippen molar-refractivity contribution in [1.29, 1.82) is 0 Å². The molecule has 0 aromatic carbocycles. The molecule has 1 heterocycles. The van der Waals surface area contributed by atoms with Crippen LogP contribution in [0.15, 0.2) is 12.2 Å². The third kappa shape index (κ3) is 16.3. The smallest absolute Gasteiger partial charge is 0.245 e. The highest BCUT2D eigenvalue weighted by atomic mass is 16.3. The number of aliphatic hydroxyl groups excluding tert-OH is 1. The van der Waals surface area contributed by atoms with E-state index >= 15 is 0 Å². The van der Waals surface area contributed by atoms with Gasteiger partial charge in [0.2, 0.25) is 23.6 Å². The second kappa shape index (κ2) is 23.0. The highest BCUT2D eigenvalue weighted by Gasteiger charge is 2.37. The number of amides is 4. The summed E-state index contributed by atoms with van der Waals surface area (Å²) in [4.78, 5) is 52.4. The van der Waals surface area contributed by atoms with Crippen LogP contribution in [0.4, 0.5) is 0 Å². The third-order valence-electron chi connectivity index (χ3n) is 8.33. The van der Waals surface area contributed by atoms with Crippen molar-refractivity contribution in [2.24, 2.45) is 5.92 Å². The summed E-state index contributed by atoms with van der Waals surface area (Å²) in [5.74, 6) is -1.15. The van der Waals surface area contributed by atoms with Gasteiger partial charge in [0.25, 0.3) is 0 Å². The Bertz CT molecular complexity index is 847. The van der Waals surface area contributed by atoms with Gasteiger partial charge in [-0.15, -0.1) is 0 Å². The molecule has 1 aliphatic rings. The van der Waals surface area contributed by atoms with E-state index < -0.39 is 24.0 Å². The van der Waals surface area contributed by atoms with Crippen LogP contribution in [0.5, 0.6) is 0 Å². The molecule has 4 atom stereocenters. The minimum absolute atomic E-state index is 0.0614. The molecule has 9 heteroatoms. The summed E-state index contributed by atoms with van der Waals surface area (Å²) >= 11 is 0. The Kier molecular flexibility index (Phi) is 20.7. The summed E-state index contributed by atoms with van der Waals surface area (Å²) < 4.78 is 0. The molecule has 0 radical (unpaired) electrons. The molecule has 0 aromatic heterocycles. The Morgan fingerprint density at radius 1 is 0.791 bits per heavy atom. The summed E-state index contributed by atoms with van der Waals surface area (Å²) in [7, 11) is 0. The molecule has 9 nitrogen and oxygen atoms in total. The predicted molar refractivity (Wildman–Crippen MR) is 173 cm³/mol. The van der Waals surface area contributed by atoms with Crippen molar-refractivity contribution in [3.63, 3.8) is 0 Å². The van der Waals surface area contributed by atoms with Crippen molar-refractivity contribution in [3.8, 4) is 0 Å². The number of nitrogens with zero attached hydrogens (tertiary/aromatic N) is 1. The van der Waals surface area contributed by atoms with E-state index in [-0.39, 0.29) is 36.3 Å². The quantitative estimate of drug-likeness (QED) is 0.0944. The van der Waals surface area contributed by atoms with Crippen molar-refractivity contribution in [2.75, 3.05) is 13.2 Å². The maximum Gasteiger partial charge on any atom is 0.245 e. The van der Waals surface area contributed by atoms with Gasteiger partial charge in [-0.1, -0.05) is 84.3 Å². The second-order valence-electron chi connectivity index (χ2n) is 12.6. The monoisotopic (exact) mass is 606 g/mol. The molecule has 4 N–H and O–H groups in total. The first kappa shape index (κ1) is 38.6. The van der Waals surface area contributed by atoms with Crippen molar-refractivity contribution >= 4 is 23.6 Å². The topological polar surface area (TPSA) is 128 Å². The number of allylic oxidation sites excluding steroid dienone is 2. The van der Waals surface area contributed by atoms with Gasteiger partial charge in [0.15, 0.2) is 0 Å². The van der Waals surface area contributed by atoms with Gasteiger partial charge in [0, 0.05) is 13.0 Å². The summed E-state index contributed by atoms with van der Waals surface area (Å²) in [5.41, 5.74) is 0. The van der Waals surface area contributed by atoms with Crippen LogP contribution in [0.25, 0.3) is 0 Å². The molecule has 0 spiro atoms. The molecule has 0 saturated carbocycles. The number of nitrogens with one attached hydrogen (secondary N) is 3. The Labute approximate surface area is 261 Å². The highest BCUT2D eigenvalue weighted by molar-refractivity contribution is 5.94. The van der Waals surface area contributed by atoms with Crippen LogP contribution in [0.2, 0.25) is 0 Å². The van der Waals surface area contributed by atoms with Gasteiger partial charge in [-0.25, -0.2) is 0 Å². The average molecular weight is 607 g/mol. The maximum atomic E-state index is 13.1. The summed E-state index contributed by atoms with van der Waals surface area (Å²) in [5, 5.41) is 17.8. The number of carbonyl (C=O) groups excluding carboxylic acids is 4. The standard InChI is InChI=1S/C34H62N4O5/c1-6-7-8-9-10-11-12-13-14-15-16-17-18-19-20-23-31(40)35-27(4)32(41)36-28(5)34(43)38-24-21-22-30(38)33(42)37-29(25-39)26(2)3/h13-14,26-30,39H,6-12,15-25H2,1-5H3,(H,35,40)(H,36,41)(H,37,42)/t27-,28-,29+,30-/m0/s1. The third-order valence-corrected chi connectivity index (χ3v) is 8.33. The lowest BCUT2D eigenvalue weighted by Crippen LogP contribution is -2.56. The molecule has 1 rings (SSSR count). The molecular formula is C34H62N4O5. The van der Waals surface area contributed by atoms with Crippen molar-refractivity contribution in [3.05, 3.63) is 12.2 Å². The Balaban J connectivity index is 2.23. The van der Waals surface area contributed by atoms with Gasteiger partial charge in [-0.2, -0.15) is 0 Å². The average Bonchev–Trinajstić information content (AvgIpc) is 3.47. The number of hydrogen-bond donors (Lipinski definition) is 4. The van der Waals surface area contributed by atoms with E-state index in [0.29, 0.717) is 25.8 Å². The number of aliphatic hydroxyl groups is 1. The fourth-order valence-corrected chi connectivity index (χ4v) is 5.39. The molecule has 1 saturated heterocycles. The zero-order chi connectivity index (χ0) is 32.0. The molecule has 0 unspecified atom stereocenters. The molecule has 1 fully saturated rings. The van der Waals surface area contributed by atoms with Crippen LogP contribution in [-0.2, 0) is 19.2 Å². The largest absolute Gasteiger partial charge is 0.394 e. The molecule has 0 aliphatic carbocycles. The van der Waals surface area contributed by atoms with Crippen molar-refractivity contribution in [2.45, 2.75) is 162 Å². The van der Waals surface area contributed by atoms with Gasteiger partial charge < -0.3 is 26.0 Å². The van der Waals surface area contributed by atoms with Crippen LogP contribution in [-0.4, -0.2) is 71.0 Å². The molecule has 1 aliphatic heterocycles. The first-order chi connectivity index (χ1) is 20.6. The van der Waals surface area contributed by atoms with E-state index in [1.54, 1.807) is 13.8 Å². The van der Waals surface area contributed by atoms with E-state index in [4.69, 9.17) is 0 Å². The lowest BCUT2D eigenvalue weighted by Gasteiger charge is -2.29. The van der Waals surface area contributed by atoms with Crippen LogP contribution < -0.4 is 16.0 Å². The van der Waals surface area contributed by atoms with Gasteiger partial charge in [0.1, 0.15) is 18.1 Å². The van der Waals surface area contributed by atoms with Crippen LogP contribution in [0.1, 0.15) is 137 Å². The lowest BCUT2D eigenvalue weighted by molar-refractivity contribution is -0.141. The van der Waals surface area contributed by atoms with Gasteiger partial charge in [-0.3, -0.25) is 19.2 Å². The molecule has 0 bridgehead atoms. The highest BCUT2D eigenvalue weighted by Crippen LogP contribution is 2.19. The second-order valence-corrected chi connectivity index (χ2v) is 12.6. The van der Waals surface area contributed by atoms with E-state index in [9.17, 15) is 24.3 Å². The zero-order valence-corrected chi connectivity index (χ0v) is 27.8. The van der Waals surface area contributed by atoms with Crippen molar-refractivity contribution in [1.82, 2.24) is 20.9 Å². The maximum absolute atomic E-state index is 13.1. The van der Waals surface area contributed by atoms with E-state index in [1.165, 1.54) is 56.3 Å². The predicted octanol–water partition coefficient (Wildman–Crippen LogP) is 5.16. The Hall–Kier alpha value is -2.42. The molecule has 0 aromatic rings. The molecule has 43 heavy (non-hydrogen) atoms. The summed E-state index contributed by atoms with van der Waals surface area (Å²) in [6.07, 6.45) is 21.8. The zero-order valence-electron chi connectivity index (χ0n) is 27.8. The number of carbonyl (C=O) groups is 4. The number of hydrogen-bond acceptors (Lipinski definition) is 5. The van der Waals surface area contributed by atoms with Crippen LogP contribution in [0, 0.1) is 5.92 Å². The van der Waals surface area contributed by atoms with Gasteiger partial charge in [0.05, 0.1) is 12.6 Å². The summed E-state index contributed by atoms with van der Waals surface area (Å²) in [6.45, 7) is 9.54. The molecular weight excluding hydrogens is 544 g/mol. The SMILES string of the molecule is CCCCCCCCC=CCCCCCCCC(=O)N[C@@H](C)C(=O)N[C@@H](C)C(=O)N1CCC[C@H]1C(=O)N[C@H](CO)C(C)C. The normalized spacial score (nSPS) is 17.2. The van der Waals surface area contributed by atoms with Gasteiger partial charge in [-0.05, 0) is 64.7 Å². The van der Waals surface area contributed by atoms with E-state index in [0.717, 1.165) is 32.1 Å². The number of unbranched alkanes of at least 4 members (excludes halogenated alkanes) is 11. The van der Waals surface area contributed by atoms with Crippen LogP contribution in [0.3, 0.4) is 0 Å². The lowest BCUT2D eigenvalue weighted by atomic mass is 10.0. The number of rotatable bonds is 23. The first-order valence-electron chi connectivity index (χ1n) is 17.1. The van der Waals surface area contributed by atoms with Crippen molar-refractivity contribution < 1.29 is 24.3 Å². The van der Waals surface area contributed by atoms with E-state index in [2.05, 4.69) is 35.0 Å². The van der Waals surface area contributed by atoms with E-state index in [1.807, 2.05) is 13.8 Å². The first-order valence-corrected chi connectivity index (χ1v) is 17.1. The minimum Gasteiger partial charge on any atom is -0.394 e. The van der Waals surface area contributed by atoms with Crippen LogP contribution >= 0.6 is 0 Å². The Morgan fingerprint density at radius 2 is 1.37 bits per heavy atom. The van der Waals surface area contributed by atoms with Gasteiger partial charge >= 0.3 is 0 Å². The minimum atomic E-state index is -0.829. The summed E-state index contributed by atoms with van der Waals surface area (Å²) in [6, 6.07) is -2.59. The fourth-order valence-electron chi connectivity index (χ4n) is 5.39. The Morgan fingerprint density at radius 3 is 1.95 bits per heavy atom.